The summed E-state index contributed by atoms with van der Waals surface area (Å²) in [6.07, 6.45) is 8.34. The molecule has 1 spiro atoms. The molecule has 2 aliphatic heterocycles. The molecule has 0 N–H and O–H groups in total. The van der Waals surface area contributed by atoms with Crippen LogP contribution in [0, 0.1) is 5.92 Å². The van der Waals surface area contributed by atoms with Gasteiger partial charge in [0, 0.05) is 49.1 Å². The summed E-state index contributed by atoms with van der Waals surface area (Å²) in [5.41, 5.74) is 1.37. The largest absolute Gasteiger partial charge is 0.377 e. The number of likely N-dealkylation sites (tertiary alicyclic amines) is 1. The molecule has 0 aromatic carbocycles. The fourth-order valence-electron chi connectivity index (χ4n) is 3.31. The summed E-state index contributed by atoms with van der Waals surface area (Å²) < 4.78 is 6.57. The van der Waals surface area contributed by atoms with Gasteiger partial charge in [-0.15, -0.1) is 11.8 Å². The third kappa shape index (κ3) is 2.87. The maximum atomic E-state index is 6.06. The van der Waals surface area contributed by atoms with Gasteiger partial charge in [-0.25, -0.2) is 0 Å². The van der Waals surface area contributed by atoms with E-state index in [1.807, 2.05) is 12.4 Å². The molecule has 0 unspecified atom stereocenters. The van der Waals surface area contributed by atoms with Crippen LogP contribution in [-0.4, -0.2) is 46.2 Å². The van der Waals surface area contributed by atoms with E-state index in [4.69, 9.17) is 4.74 Å². The number of nitrogens with zero attached hydrogens (tertiary/aromatic N) is 2. The molecular weight excluding hydrogens is 268 g/mol. The van der Waals surface area contributed by atoms with Crippen LogP contribution < -0.4 is 0 Å². The first kappa shape index (κ1) is 13.1. The zero-order chi connectivity index (χ0) is 13.4. The van der Waals surface area contributed by atoms with Gasteiger partial charge in [-0.05, 0) is 42.9 Å². The van der Waals surface area contributed by atoms with Gasteiger partial charge in [0.25, 0.3) is 0 Å². The molecule has 1 aromatic heterocycles. The minimum absolute atomic E-state index is 0.501. The molecule has 1 aliphatic carbocycles. The van der Waals surface area contributed by atoms with Crippen molar-refractivity contribution in [3.05, 3.63) is 30.1 Å². The maximum Gasteiger partial charge on any atom is 0.0680 e. The molecule has 0 bridgehead atoms. The number of aromatic nitrogens is 1. The van der Waals surface area contributed by atoms with Gasteiger partial charge in [-0.3, -0.25) is 9.88 Å². The lowest BCUT2D eigenvalue weighted by atomic mass is 9.92. The van der Waals surface area contributed by atoms with Gasteiger partial charge < -0.3 is 4.74 Å². The van der Waals surface area contributed by atoms with E-state index in [2.05, 4.69) is 33.8 Å². The van der Waals surface area contributed by atoms with Gasteiger partial charge in [-0.1, -0.05) is 0 Å². The van der Waals surface area contributed by atoms with Crippen molar-refractivity contribution in [2.75, 3.05) is 25.4 Å². The molecule has 108 valence electrons. The van der Waals surface area contributed by atoms with E-state index >= 15 is 0 Å². The Labute approximate surface area is 125 Å². The number of hydrogen-bond acceptors (Lipinski definition) is 4. The van der Waals surface area contributed by atoms with Gasteiger partial charge in [0.15, 0.2) is 0 Å². The van der Waals surface area contributed by atoms with Crippen LogP contribution in [0.2, 0.25) is 0 Å². The van der Waals surface area contributed by atoms with Crippen LogP contribution in [0.15, 0.2) is 24.5 Å². The molecule has 0 radical (unpaired) electrons. The first-order chi connectivity index (χ1) is 9.81. The number of pyridine rings is 1. The third-order valence-corrected chi connectivity index (χ3v) is 6.19. The van der Waals surface area contributed by atoms with Crippen molar-refractivity contribution in [2.45, 2.75) is 36.7 Å². The van der Waals surface area contributed by atoms with E-state index in [0.717, 1.165) is 19.1 Å². The molecule has 20 heavy (non-hydrogen) atoms. The molecule has 3 aliphatic rings. The van der Waals surface area contributed by atoms with Crippen LogP contribution >= 0.6 is 11.8 Å². The lowest BCUT2D eigenvalue weighted by Crippen LogP contribution is -2.58. The van der Waals surface area contributed by atoms with E-state index in [-0.39, 0.29) is 0 Å². The van der Waals surface area contributed by atoms with E-state index < -0.39 is 0 Å². The van der Waals surface area contributed by atoms with Gasteiger partial charge >= 0.3 is 0 Å². The highest BCUT2D eigenvalue weighted by atomic mass is 32.2. The summed E-state index contributed by atoms with van der Waals surface area (Å²) in [7, 11) is 0. The van der Waals surface area contributed by atoms with Crippen molar-refractivity contribution in [1.82, 2.24) is 9.88 Å². The van der Waals surface area contributed by atoms with Crippen LogP contribution in [0.4, 0.5) is 0 Å². The SMILES string of the molecule is c1cc(CN2CC3(C[C@H](OCC4CC4)CS3)C2)ccn1. The van der Waals surface area contributed by atoms with Gasteiger partial charge in [0.1, 0.15) is 0 Å². The molecule has 0 amide bonds. The lowest BCUT2D eigenvalue weighted by Gasteiger charge is -2.47. The summed E-state index contributed by atoms with van der Waals surface area (Å²) in [6, 6.07) is 4.24. The van der Waals surface area contributed by atoms with Gasteiger partial charge in [0.05, 0.1) is 6.10 Å². The van der Waals surface area contributed by atoms with Crippen molar-refractivity contribution in [3.63, 3.8) is 0 Å². The Kier molecular flexibility index (Phi) is 3.49. The van der Waals surface area contributed by atoms with Gasteiger partial charge in [0.2, 0.25) is 0 Å². The summed E-state index contributed by atoms with van der Waals surface area (Å²) in [4.78, 5) is 6.63. The molecule has 2 saturated heterocycles. The Bertz CT molecular complexity index is 457. The second-order valence-electron chi connectivity index (χ2n) is 6.60. The highest BCUT2D eigenvalue weighted by Gasteiger charge is 2.49. The zero-order valence-corrected chi connectivity index (χ0v) is 12.6. The molecule has 3 fully saturated rings. The van der Waals surface area contributed by atoms with Crippen molar-refractivity contribution < 1.29 is 4.74 Å². The number of thioether (sulfide) groups is 1. The first-order valence-corrected chi connectivity index (χ1v) is 8.67. The van der Waals surface area contributed by atoms with Crippen LogP contribution in [0.5, 0.6) is 0 Å². The highest BCUT2D eigenvalue weighted by Crippen LogP contribution is 2.46. The van der Waals surface area contributed by atoms with Crippen LogP contribution in [0.3, 0.4) is 0 Å². The number of rotatable bonds is 5. The Morgan fingerprint density at radius 1 is 1.30 bits per heavy atom. The second kappa shape index (κ2) is 5.32. The fourth-order valence-corrected chi connectivity index (χ4v) is 4.92. The van der Waals surface area contributed by atoms with Crippen LogP contribution in [0.1, 0.15) is 24.8 Å². The number of hydrogen-bond donors (Lipinski definition) is 0. The lowest BCUT2D eigenvalue weighted by molar-refractivity contribution is 0.0305. The smallest absolute Gasteiger partial charge is 0.0680 e. The van der Waals surface area contributed by atoms with Crippen molar-refractivity contribution in [1.29, 1.82) is 0 Å². The molecule has 3 heterocycles. The zero-order valence-electron chi connectivity index (χ0n) is 11.8. The molecular formula is C16H22N2OS. The summed E-state index contributed by atoms with van der Waals surface area (Å²) >= 11 is 2.15. The molecule has 1 aromatic rings. The van der Waals surface area contributed by atoms with E-state index in [1.165, 1.54) is 43.7 Å². The number of ether oxygens (including phenoxy) is 1. The highest BCUT2D eigenvalue weighted by molar-refractivity contribution is 8.01. The summed E-state index contributed by atoms with van der Waals surface area (Å²) in [5, 5.41) is 0. The minimum atomic E-state index is 0.501. The molecule has 4 rings (SSSR count). The summed E-state index contributed by atoms with van der Waals surface area (Å²) in [5.74, 6) is 2.09. The topological polar surface area (TPSA) is 25.4 Å². The Morgan fingerprint density at radius 3 is 2.85 bits per heavy atom. The average molecular weight is 290 g/mol. The predicted molar refractivity (Wildman–Crippen MR) is 81.8 cm³/mol. The quantitative estimate of drug-likeness (QED) is 0.832. The van der Waals surface area contributed by atoms with Crippen LogP contribution in [0.25, 0.3) is 0 Å². The van der Waals surface area contributed by atoms with Gasteiger partial charge in [-0.2, -0.15) is 0 Å². The second-order valence-corrected chi connectivity index (χ2v) is 8.09. The van der Waals surface area contributed by atoms with Crippen LogP contribution in [-0.2, 0) is 11.3 Å². The average Bonchev–Trinajstić information content (AvgIpc) is 3.17. The van der Waals surface area contributed by atoms with Crippen molar-refractivity contribution >= 4 is 11.8 Å². The molecule has 1 saturated carbocycles. The summed E-state index contributed by atoms with van der Waals surface area (Å²) in [6.45, 7) is 4.53. The molecule has 3 nitrogen and oxygen atoms in total. The minimum Gasteiger partial charge on any atom is -0.377 e. The van der Waals surface area contributed by atoms with E-state index in [9.17, 15) is 0 Å². The Morgan fingerprint density at radius 2 is 2.10 bits per heavy atom. The van der Waals surface area contributed by atoms with Crippen molar-refractivity contribution in [3.8, 4) is 0 Å². The monoisotopic (exact) mass is 290 g/mol. The maximum absolute atomic E-state index is 6.06. The fraction of sp³-hybridized carbons (Fsp3) is 0.688. The standard InChI is InChI=1S/C16H22N2OS/c1-2-14(1)9-19-15-7-16(20-10-15)11-18(12-16)8-13-3-5-17-6-4-13/h3-6,14-15H,1-2,7-12H2/t15-/m0/s1. The third-order valence-electron chi connectivity index (χ3n) is 4.62. The normalized spacial score (nSPS) is 28.7. The van der Waals surface area contributed by atoms with E-state index in [1.54, 1.807) is 0 Å². The Hall–Kier alpha value is -0.580. The Balaban J connectivity index is 1.23. The predicted octanol–water partition coefficient (Wildman–Crippen LogP) is 2.57. The molecule has 1 atom stereocenters. The van der Waals surface area contributed by atoms with Crippen molar-refractivity contribution in [2.24, 2.45) is 5.92 Å². The van der Waals surface area contributed by atoms with E-state index in [0.29, 0.717) is 10.9 Å². The first-order valence-electron chi connectivity index (χ1n) is 7.68. The molecule has 4 heteroatoms.